The van der Waals surface area contributed by atoms with Gasteiger partial charge in [-0.1, -0.05) is 23.2 Å². The summed E-state index contributed by atoms with van der Waals surface area (Å²) in [7, 11) is 0. The predicted octanol–water partition coefficient (Wildman–Crippen LogP) is 2.75. The zero-order chi connectivity index (χ0) is 11.3. The summed E-state index contributed by atoms with van der Waals surface area (Å²) >= 11 is 11.6. The number of rotatable bonds is 3. The van der Waals surface area contributed by atoms with E-state index in [0.29, 0.717) is 28.6 Å². The first-order chi connectivity index (χ1) is 7.15. The molecule has 0 unspecified atom stereocenters. The minimum atomic E-state index is -0.266. The highest BCUT2D eigenvalue weighted by Crippen LogP contribution is 2.20. The van der Waals surface area contributed by atoms with E-state index in [2.05, 4.69) is 11.2 Å². The van der Waals surface area contributed by atoms with E-state index in [1.54, 1.807) is 12.1 Å². The average Bonchev–Trinajstić information content (AvgIpc) is 2.22. The van der Waals surface area contributed by atoms with Gasteiger partial charge in [-0.2, -0.15) is 0 Å². The number of nitrogens with one attached hydrogen (secondary N) is 1. The molecule has 1 N–H and O–H groups in total. The fourth-order valence-electron chi connectivity index (χ4n) is 1.01. The van der Waals surface area contributed by atoms with Crippen LogP contribution in [0.4, 0.5) is 0 Å². The fourth-order valence-corrected chi connectivity index (χ4v) is 1.39. The van der Waals surface area contributed by atoms with E-state index in [1.807, 2.05) is 0 Å². The second kappa shape index (κ2) is 5.65. The number of carbonyl (C=O) groups is 1. The molecule has 78 valence electrons. The Balaban J connectivity index is 2.73. The molecule has 1 aromatic carbocycles. The van der Waals surface area contributed by atoms with Gasteiger partial charge in [0.25, 0.3) is 5.91 Å². The van der Waals surface area contributed by atoms with Crippen LogP contribution < -0.4 is 5.32 Å². The molecule has 0 radical (unpaired) electrons. The molecule has 0 bridgehead atoms. The van der Waals surface area contributed by atoms with Gasteiger partial charge in [0.1, 0.15) is 0 Å². The smallest absolute Gasteiger partial charge is 0.252 e. The Bertz CT molecular complexity index is 410. The Morgan fingerprint density at radius 1 is 1.47 bits per heavy atom. The lowest BCUT2D eigenvalue weighted by Crippen LogP contribution is -2.24. The standard InChI is InChI=1S/C11H9Cl2NO/c1-2-3-6-14-11(15)9-7-8(12)4-5-10(9)13/h1,4-5,7H,3,6H2,(H,14,15). The predicted molar refractivity (Wildman–Crippen MR) is 62.2 cm³/mol. The molecule has 0 aliphatic rings. The van der Waals surface area contributed by atoms with Crippen molar-refractivity contribution >= 4 is 29.1 Å². The molecule has 0 saturated heterocycles. The number of hydrogen-bond acceptors (Lipinski definition) is 1. The Hall–Kier alpha value is -1.17. The van der Waals surface area contributed by atoms with Crippen molar-refractivity contribution in [2.45, 2.75) is 6.42 Å². The number of carbonyl (C=O) groups excluding carboxylic acids is 1. The summed E-state index contributed by atoms with van der Waals surface area (Å²) in [5.74, 6) is 2.16. The van der Waals surface area contributed by atoms with E-state index >= 15 is 0 Å². The molecule has 1 aromatic rings. The van der Waals surface area contributed by atoms with Crippen molar-refractivity contribution in [3.63, 3.8) is 0 Å². The second-order valence-electron chi connectivity index (χ2n) is 2.83. The number of hydrogen-bond donors (Lipinski definition) is 1. The molecular formula is C11H9Cl2NO. The third-order valence-corrected chi connectivity index (χ3v) is 2.29. The van der Waals surface area contributed by atoms with E-state index in [9.17, 15) is 4.79 Å². The van der Waals surface area contributed by atoms with E-state index in [-0.39, 0.29) is 5.91 Å². The van der Waals surface area contributed by atoms with Crippen molar-refractivity contribution in [3.8, 4) is 12.3 Å². The summed E-state index contributed by atoms with van der Waals surface area (Å²) in [6.07, 6.45) is 5.55. The number of halogens is 2. The van der Waals surface area contributed by atoms with Gasteiger partial charge in [0.05, 0.1) is 10.6 Å². The molecule has 1 amide bonds. The molecule has 0 atom stereocenters. The maximum absolute atomic E-state index is 11.6. The van der Waals surface area contributed by atoms with Crippen LogP contribution in [-0.4, -0.2) is 12.5 Å². The number of benzene rings is 1. The molecule has 0 aliphatic heterocycles. The molecule has 0 aromatic heterocycles. The first kappa shape index (κ1) is 11.9. The SMILES string of the molecule is C#CCCNC(=O)c1cc(Cl)ccc1Cl. The summed E-state index contributed by atoms with van der Waals surface area (Å²) in [5, 5.41) is 3.49. The first-order valence-electron chi connectivity index (χ1n) is 4.32. The lowest BCUT2D eigenvalue weighted by molar-refractivity contribution is 0.0954. The van der Waals surface area contributed by atoms with Gasteiger partial charge >= 0.3 is 0 Å². The topological polar surface area (TPSA) is 29.1 Å². The Morgan fingerprint density at radius 3 is 2.87 bits per heavy atom. The minimum absolute atomic E-state index is 0.266. The van der Waals surface area contributed by atoms with Gasteiger partial charge < -0.3 is 5.32 Å². The van der Waals surface area contributed by atoms with Crippen LogP contribution in [0.5, 0.6) is 0 Å². The largest absolute Gasteiger partial charge is 0.351 e. The van der Waals surface area contributed by atoms with Crippen LogP contribution >= 0.6 is 23.2 Å². The highest BCUT2D eigenvalue weighted by molar-refractivity contribution is 6.35. The number of terminal acetylenes is 1. The summed E-state index contributed by atoms with van der Waals surface area (Å²) in [6, 6.07) is 4.73. The Kier molecular flexibility index (Phi) is 4.48. The summed E-state index contributed by atoms with van der Waals surface area (Å²) in [5.41, 5.74) is 0.362. The molecule has 2 nitrogen and oxygen atoms in total. The first-order valence-corrected chi connectivity index (χ1v) is 5.07. The lowest BCUT2D eigenvalue weighted by Gasteiger charge is -2.05. The van der Waals surface area contributed by atoms with E-state index in [4.69, 9.17) is 29.6 Å². The molecule has 0 spiro atoms. The van der Waals surface area contributed by atoms with Crippen molar-refractivity contribution in [2.24, 2.45) is 0 Å². The fraction of sp³-hybridized carbons (Fsp3) is 0.182. The molecule has 0 heterocycles. The Labute approximate surface area is 98.6 Å². The zero-order valence-electron chi connectivity index (χ0n) is 7.89. The molecule has 0 saturated carbocycles. The molecule has 4 heteroatoms. The minimum Gasteiger partial charge on any atom is -0.351 e. The van der Waals surface area contributed by atoms with Crippen LogP contribution in [0.2, 0.25) is 10.0 Å². The maximum Gasteiger partial charge on any atom is 0.252 e. The van der Waals surface area contributed by atoms with Gasteiger partial charge in [-0.3, -0.25) is 4.79 Å². The molecular weight excluding hydrogens is 233 g/mol. The second-order valence-corrected chi connectivity index (χ2v) is 3.68. The van der Waals surface area contributed by atoms with Gasteiger partial charge in [-0.15, -0.1) is 12.3 Å². The number of amides is 1. The van der Waals surface area contributed by atoms with Crippen molar-refractivity contribution in [1.29, 1.82) is 0 Å². The zero-order valence-corrected chi connectivity index (χ0v) is 9.40. The van der Waals surface area contributed by atoms with Gasteiger partial charge in [0.2, 0.25) is 0 Å². The van der Waals surface area contributed by atoms with Crippen molar-refractivity contribution < 1.29 is 4.79 Å². The molecule has 0 fully saturated rings. The van der Waals surface area contributed by atoms with Crippen LogP contribution in [0.3, 0.4) is 0 Å². The quantitative estimate of drug-likeness (QED) is 0.640. The van der Waals surface area contributed by atoms with Crippen LogP contribution in [-0.2, 0) is 0 Å². The summed E-state index contributed by atoms with van der Waals surface area (Å²) < 4.78 is 0. The van der Waals surface area contributed by atoms with E-state index in [0.717, 1.165) is 0 Å². The van der Waals surface area contributed by atoms with Crippen LogP contribution in [0.15, 0.2) is 18.2 Å². The van der Waals surface area contributed by atoms with Crippen LogP contribution in [0, 0.1) is 12.3 Å². The molecule has 1 rings (SSSR count). The van der Waals surface area contributed by atoms with Gasteiger partial charge in [0.15, 0.2) is 0 Å². The van der Waals surface area contributed by atoms with E-state index < -0.39 is 0 Å². The third-order valence-electron chi connectivity index (χ3n) is 1.73. The van der Waals surface area contributed by atoms with Gasteiger partial charge in [-0.05, 0) is 18.2 Å². The Morgan fingerprint density at radius 2 is 2.20 bits per heavy atom. The van der Waals surface area contributed by atoms with Crippen LogP contribution in [0.25, 0.3) is 0 Å². The van der Waals surface area contributed by atoms with Crippen molar-refractivity contribution in [3.05, 3.63) is 33.8 Å². The van der Waals surface area contributed by atoms with Gasteiger partial charge in [-0.25, -0.2) is 0 Å². The molecule has 15 heavy (non-hydrogen) atoms. The highest BCUT2D eigenvalue weighted by Gasteiger charge is 2.09. The van der Waals surface area contributed by atoms with Crippen molar-refractivity contribution in [2.75, 3.05) is 6.54 Å². The normalized spacial score (nSPS) is 9.40. The summed E-state index contributed by atoms with van der Waals surface area (Å²) in [4.78, 5) is 11.6. The van der Waals surface area contributed by atoms with Crippen LogP contribution in [0.1, 0.15) is 16.8 Å². The summed E-state index contributed by atoms with van der Waals surface area (Å²) in [6.45, 7) is 0.429. The highest BCUT2D eigenvalue weighted by atomic mass is 35.5. The third kappa shape index (κ3) is 3.47. The lowest BCUT2D eigenvalue weighted by atomic mass is 10.2. The van der Waals surface area contributed by atoms with E-state index in [1.165, 1.54) is 6.07 Å². The average molecular weight is 242 g/mol. The van der Waals surface area contributed by atoms with Crippen molar-refractivity contribution in [1.82, 2.24) is 5.32 Å². The monoisotopic (exact) mass is 241 g/mol. The maximum atomic E-state index is 11.6. The van der Waals surface area contributed by atoms with Gasteiger partial charge in [0, 0.05) is 18.0 Å². The molecule has 0 aliphatic carbocycles.